The molecule has 9 nitrogen and oxygen atoms in total. The number of fused-ring (bicyclic) bond motifs is 1. The average molecular weight is 365 g/mol. The molecule has 3 rings (SSSR count). The van der Waals surface area contributed by atoms with E-state index in [1.807, 2.05) is 24.3 Å². The number of amides is 2. The Hall–Kier alpha value is -4.01. The number of hydrazone groups is 1. The molecular weight excluding hydrogens is 350 g/mol. The van der Waals surface area contributed by atoms with Crippen LogP contribution < -0.4 is 11.2 Å². The van der Waals surface area contributed by atoms with E-state index in [9.17, 15) is 19.7 Å². The van der Waals surface area contributed by atoms with Crippen LogP contribution in [0.1, 0.15) is 15.9 Å². The number of nitrogens with one attached hydrogen (secondary N) is 1. The highest BCUT2D eigenvalue weighted by Crippen LogP contribution is 2.19. The largest absolute Gasteiger partial charge is 0.368 e. The second-order valence-corrected chi connectivity index (χ2v) is 5.70. The number of rotatable bonds is 6. The smallest absolute Gasteiger partial charge is 0.271 e. The van der Waals surface area contributed by atoms with Crippen LogP contribution in [-0.2, 0) is 11.3 Å². The van der Waals surface area contributed by atoms with Crippen LogP contribution in [0.4, 0.5) is 5.69 Å². The van der Waals surface area contributed by atoms with E-state index in [1.165, 1.54) is 30.5 Å². The molecule has 0 aliphatic carbocycles. The molecule has 27 heavy (non-hydrogen) atoms. The quantitative estimate of drug-likeness (QED) is 0.391. The SMILES string of the molecule is NC(=O)Cn1cc(/C=N\NC(=O)c2ccc([N+](=O)[O-])cc2)c2ccccc21. The number of hydrogen-bond donors (Lipinski definition) is 2. The lowest BCUT2D eigenvalue weighted by Crippen LogP contribution is -2.18. The zero-order valence-corrected chi connectivity index (χ0v) is 14.0. The number of nitro groups is 1. The van der Waals surface area contributed by atoms with Crippen molar-refractivity contribution in [2.45, 2.75) is 6.54 Å². The summed E-state index contributed by atoms with van der Waals surface area (Å²) in [6, 6.07) is 12.6. The monoisotopic (exact) mass is 365 g/mol. The number of non-ortho nitro benzene ring substituents is 1. The van der Waals surface area contributed by atoms with Crippen molar-refractivity contribution in [2.24, 2.45) is 10.8 Å². The molecule has 2 aromatic carbocycles. The number of aromatic nitrogens is 1. The Morgan fingerprint density at radius 1 is 1.19 bits per heavy atom. The number of hydrogen-bond acceptors (Lipinski definition) is 5. The van der Waals surface area contributed by atoms with Crippen molar-refractivity contribution in [2.75, 3.05) is 0 Å². The summed E-state index contributed by atoms with van der Waals surface area (Å²) in [5, 5.41) is 15.4. The van der Waals surface area contributed by atoms with Crippen molar-refractivity contribution in [3.8, 4) is 0 Å². The second-order valence-electron chi connectivity index (χ2n) is 5.70. The van der Waals surface area contributed by atoms with Gasteiger partial charge in [-0.1, -0.05) is 18.2 Å². The van der Waals surface area contributed by atoms with Gasteiger partial charge >= 0.3 is 0 Å². The fourth-order valence-corrected chi connectivity index (χ4v) is 2.64. The standard InChI is InChI=1S/C18H15N5O4/c19-17(24)11-22-10-13(15-3-1-2-4-16(15)22)9-20-21-18(25)12-5-7-14(8-6-12)23(26)27/h1-10H,11H2,(H2,19,24)(H,21,25)/b20-9-. The maximum absolute atomic E-state index is 12.1. The Bertz CT molecular complexity index is 1050. The van der Waals surface area contributed by atoms with E-state index < -0.39 is 16.7 Å². The highest BCUT2D eigenvalue weighted by atomic mass is 16.6. The predicted octanol–water partition coefficient (Wildman–Crippen LogP) is 1.80. The van der Waals surface area contributed by atoms with Crippen molar-refractivity contribution in [3.63, 3.8) is 0 Å². The van der Waals surface area contributed by atoms with Gasteiger partial charge in [-0.25, -0.2) is 5.43 Å². The lowest BCUT2D eigenvalue weighted by atomic mass is 10.2. The summed E-state index contributed by atoms with van der Waals surface area (Å²) < 4.78 is 1.71. The van der Waals surface area contributed by atoms with E-state index in [0.717, 1.165) is 10.9 Å². The number of benzene rings is 2. The van der Waals surface area contributed by atoms with Gasteiger partial charge in [-0.2, -0.15) is 5.10 Å². The summed E-state index contributed by atoms with van der Waals surface area (Å²) >= 11 is 0. The summed E-state index contributed by atoms with van der Waals surface area (Å²) in [5.74, 6) is -0.965. The van der Waals surface area contributed by atoms with Gasteiger partial charge in [0.1, 0.15) is 6.54 Å². The van der Waals surface area contributed by atoms with Crippen molar-refractivity contribution >= 4 is 34.6 Å². The zero-order valence-electron chi connectivity index (χ0n) is 14.0. The summed E-state index contributed by atoms with van der Waals surface area (Å²) in [7, 11) is 0. The molecule has 0 saturated carbocycles. The molecule has 2 amide bonds. The van der Waals surface area contributed by atoms with Crippen molar-refractivity contribution in [1.29, 1.82) is 0 Å². The van der Waals surface area contributed by atoms with Crippen LogP contribution in [0.3, 0.4) is 0 Å². The number of nitrogens with zero attached hydrogens (tertiary/aromatic N) is 3. The molecule has 0 radical (unpaired) electrons. The molecule has 0 unspecified atom stereocenters. The third-order valence-corrected chi connectivity index (χ3v) is 3.86. The Labute approximate surface area is 153 Å². The maximum atomic E-state index is 12.1. The van der Waals surface area contributed by atoms with Gasteiger partial charge in [-0.05, 0) is 18.2 Å². The van der Waals surface area contributed by atoms with Gasteiger partial charge in [0, 0.05) is 40.4 Å². The molecule has 0 fully saturated rings. The molecule has 0 spiro atoms. The normalized spacial score (nSPS) is 11.0. The number of carbonyl (C=O) groups is 2. The summed E-state index contributed by atoms with van der Waals surface area (Å²) in [6.07, 6.45) is 3.18. The number of carbonyl (C=O) groups excluding carboxylic acids is 2. The van der Waals surface area contributed by atoms with Gasteiger partial charge in [-0.15, -0.1) is 0 Å². The molecule has 3 N–H and O–H groups in total. The highest BCUT2D eigenvalue weighted by molar-refractivity contribution is 6.01. The first-order valence-corrected chi connectivity index (χ1v) is 7.90. The lowest BCUT2D eigenvalue weighted by molar-refractivity contribution is -0.384. The van der Waals surface area contributed by atoms with Crippen molar-refractivity contribution in [1.82, 2.24) is 9.99 Å². The summed E-state index contributed by atoms with van der Waals surface area (Å²) in [5.41, 5.74) is 9.30. The summed E-state index contributed by atoms with van der Waals surface area (Å²) in [6.45, 7) is 0.0313. The van der Waals surface area contributed by atoms with Gasteiger partial charge < -0.3 is 10.3 Å². The third-order valence-electron chi connectivity index (χ3n) is 3.86. The molecule has 1 heterocycles. The Morgan fingerprint density at radius 2 is 1.89 bits per heavy atom. The highest BCUT2D eigenvalue weighted by Gasteiger charge is 2.10. The van der Waals surface area contributed by atoms with E-state index in [0.29, 0.717) is 5.56 Å². The fraction of sp³-hybridized carbons (Fsp3) is 0.0556. The third kappa shape index (κ3) is 3.98. The van der Waals surface area contributed by atoms with Gasteiger partial charge in [0.25, 0.3) is 11.6 Å². The van der Waals surface area contributed by atoms with Gasteiger partial charge in [0.05, 0.1) is 11.1 Å². The minimum atomic E-state index is -0.540. The average Bonchev–Trinajstić information content (AvgIpc) is 2.99. The minimum absolute atomic E-state index is 0.0313. The van der Waals surface area contributed by atoms with Crippen LogP contribution >= 0.6 is 0 Å². The second kappa shape index (κ2) is 7.48. The molecule has 0 atom stereocenters. The van der Waals surface area contributed by atoms with Crippen LogP contribution in [0.5, 0.6) is 0 Å². The molecule has 0 aliphatic heterocycles. The van der Waals surface area contributed by atoms with Crippen LogP contribution in [0.15, 0.2) is 59.8 Å². The van der Waals surface area contributed by atoms with Gasteiger partial charge in [0.15, 0.2) is 0 Å². The molecule has 9 heteroatoms. The first-order chi connectivity index (χ1) is 13.0. The van der Waals surface area contributed by atoms with Crippen LogP contribution in [-0.4, -0.2) is 27.5 Å². The van der Waals surface area contributed by atoms with Crippen molar-refractivity contribution < 1.29 is 14.5 Å². The van der Waals surface area contributed by atoms with Gasteiger partial charge in [-0.3, -0.25) is 19.7 Å². The molecule has 3 aromatic rings. The minimum Gasteiger partial charge on any atom is -0.368 e. The fourth-order valence-electron chi connectivity index (χ4n) is 2.64. The van der Waals surface area contributed by atoms with Crippen LogP contribution in [0, 0.1) is 10.1 Å². The van der Waals surface area contributed by atoms with E-state index in [-0.39, 0.29) is 17.8 Å². The molecule has 0 saturated heterocycles. The Balaban J connectivity index is 1.77. The number of primary amides is 1. The van der Waals surface area contributed by atoms with Gasteiger partial charge in [0.2, 0.25) is 5.91 Å². The van der Waals surface area contributed by atoms with E-state index in [2.05, 4.69) is 10.5 Å². The van der Waals surface area contributed by atoms with E-state index in [4.69, 9.17) is 5.73 Å². The van der Waals surface area contributed by atoms with E-state index in [1.54, 1.807) is 10.8 Å². The number of nitrogens with two attached hydrogens (primary N) is 1. The first kappa shape index (κ1) is 17.8. The molecule has 0 bridgehead atoms. The maximum Gasteiger partial charge on any atom is 0.271 e. The Morgan fingerprint density at radius 3 is 2.56 bits per heavy atom. The molecule has 1 aromatic heterocycles. The topological polar surface area (TPSA) is 133 Å². The Kier molecular flexibility index (Phi) is 4.93. The predicted molar refractivity (Wildman–Crippen MR) is 99.3 cm³/mol. The van der Waals surface area contributed by atoms with E-state index >= 15 is 0 Å². The molecule has 136 valence electrons. The zero-order chi connectivity index (χ0) is 19.4. The first-order valence-electron chi connectivity index (χ1n) is 7.90. The lowest BCUT2D eigenvalue weighted by Gasteiger charge is -2.00. The molecule has 0 aliphatic rings. The van der Waals surface area contributed by atoms with Crippen LogP contribution in [0.2, 0.25) is 0 Å². The van der Waals surface area contributed by atoms with Crippen molar-refractivity contribution in [3.05, 3.63) is 76.0 Å². The van der Waals surface area contributed by atoms with Crippen LogP contribution in [0.25, 0.3) is 10.9 Å². The number of para-hydroxylation sites is 1. The summed E-state index contributed by atoms with van der Waals surface area (Å²) in [4.78, 5) is 33.4. The molecular formula is C18H15N5O4. The number of nitro benzene ring substituents is 1.